The predicted molar refractivity (Wildman–Crippen MR) is 104 cm³/mol. The van der Waals surface area contributed by atoms with Gasteiger partial charge in [0.15, 0.2) is 5.82 Å². The monoisotopic (exact) mass is 382 g/mol. The number of thioether (sulfide) groups is 1. The van der Waals surface area contributed by atoms with Crippen molar-refractivity contribution in [3.05, 3.63) is 59.7 Å². The number of nitrogens with zero attached hydrogens (tertiary/aromatic N) is 2. The number of nitrogens with one attached hydrogen (secondary N) is 2. The van der Waals surface area contributed by atoms with E-state index in [4.69, 9.17) is 4.74 Å². The van der Waals surface area contributed by atoms with Crippen molar-refractivity contribution in [3.8, 4) is 11.4 Å². The fraction of sp³-hybridized carbons (Fsp3) is 0.158. The molecule has 138 valence electrons. The number of aromatic amines is 1. The first-order valence-electron chi connectivity index (χ1n) is 8.16. The number of rotatable bonds is 6. The second-order valence-corrected chi connectivity index (χ2v) is 6.65. The summed E-state index contributed by atoms with van der Waals surface area (Å²) in [6.07, 6.45) is 0. The van der Waals surface area contributed by atoms with E-state index in [1.165, 1.54) is 18.9 Å². The molecule has 0 saturated heterocycles. The average molecular weight is 382 g/mol. The molecule has 0 radical (unpaired) electrons. The lowest BCUT2D eigenvalue weighted by Gasteiger charge is -2.08. The van der Waals surface area contributed by atoms with Crippen LogP contribution in [-0.4, -0.2) is 39.9 Å². The fourth-order valence-electron chi connectivity index (χ4n) is 2.35. The highest BCUT2D eigenvalue weighted by molar-refractivity contribution is 7.99. The maximum absolute atomic E-state index is 12.2. The topological polar surface area (TPSA) is 97.0 Å². The number of amides is 1. The van der Waals surface area contributed by atoms with Gasteiger partial charge in [-0.15, -0.1) is 5.10 Å². The fourth-order valence-corrected chi connectivity index (χ4v) is 2.95. The van der Waals surface area contributed by atoms with Gasteiger partial charge < -0.3 is 10.1 Å². The number of carbonyl (C=O) groups is 2. The summed E-state index contributed by atoms with van der Waals surface area (Å²) in [7, 11) is 1.30. The number of benzene rings is 2. The Kier molecular flexibility index (Phi) is 5.87. The summed E-state index contributed by atoms with van der Waals surface area (Å²) in [4.78, 5) is 28.4. The van der Waals surface area contributed by atoms with Crippen molar-refractivity contribution in [2.45, 2.75) is 12.1 Å². The maximum atomic E-state index is 12.2. The van der Waals surface area contributed by atoms with Gasteiger partial charge in [-0.05, 0) is 19.1 Å². The van der Waals surface area contributed by atoms with Crippen LogP contribution in [0.3, 0.4) is 0 Å². The van der Waals surface area contributed by atoms with Crippen LogP contribution >= 0.6 is 11.8 Å². The van der Waals surface area contributed by atoms with Crippen LogP contribution in [-0.2, 0) is 9.53 Å². The van der Waals surface area contributed by atoms with E-state index in [9.17, 15) is 9.59 Å². The third kappa shape index (κ3) is 4.73. The van der Waals surface area contributed by atoms with Gasteiger partial charge in [0.25, 0.3) is 0 Å². The van der Waals surface area contributed by atoms with E-state index in [-0.39, 0.29) is 11.7 Å². The molecule has 0 bridgehead atoms. The molecule has 1 amide bonds. The van der Waals surface area contributed by atoms with Crippen molar-refractivity contribution in [2.24, 2.45) is 0 Å². The van der Waals surface area contributed by atoms with Crippen LogP contribution in [0, 0.1) is 6.92 Å². The van der Waals surface area contributed by atoms with Gasteiger partial charge in [0.2, 0.25) is 11.1 Å². The summed E-state index contributed by atoms with van der Waals surface area (Å²) in [5, 5.41) is 10.2. The Morgan fingerprint density at radius 1 is 1.15 bits per heavy atom. The van der Waals surface area contributed by atoms with E-state index < -0.39 is 5.97 Å². The van der Waals surface area contributed by atoms with Gasteiger partial charge in [-0.2, -0.15) is 0 Å². The summed E-state index contributed by atoms with van der Waals surface area (Å²) in [5.74, 6) is -0.0111. The summed E-state index contributed by atoms with van der Waals surface area (Å²) in [6, 6.07) is 14.6. The molecule has 1 heterocycles. The van der Waals surface area contributed by atoms with Crippen LogP contribution in [0.25, 0.3) is 11.4 Å². The molecule has 0 spiro atoms. The summed E-state index contributed by atoms with van der Waals surface area (Å²) >= 11 is 1.20. The first kappa shape index (κ1) is 18.7. The molecule has 0 unspecified atom stereocenters. The van der Waals surface area contributed by atoms with Gasteiger partial charge in [0.05, 0.1) is 24.1 Å². The Hall–Kier alpha value is -3.13. The number of carbonyl (C=O) groups excluding carboxylic acids is 2. The standard InChI is InChI=1S/C19H18N4O3S/c1-12-7-9-13(10-8-12)17-21-19(23-22-17)27-11-16(24)20-15-6-4-3-5-14(15)18(25)26-2/h3-10H,11H2,1-2H3,(H,20,24)(H,21,22,23). The number of para-hydroxylation sites is 1. The van der Waals surface area contributed by atoms with E-state index in [1.807, 2.05) is 31.2 Å². The molecule has 2 N–H and O–H groups in total. The SMILES string of the molecule is COC(=O)c1ccccc1NC(=O)CSc1n[nH]c(-c2ccc(C)cc2)n1. The van der Waals surface area contributed by atoms with Crippen molar-refractivity contribution in [1.29, 1.82) is 0 Å². The predicted octanol–water partition coefficient (Wildman–Crippen LogP) is 3.30. The summed E-state index contributed by atoms with van der Waals surface area (Å²) in [5.41, 5.74) is 2.80. The highest BCUT2D eigenvalue weighted by Crippen LogP contribution is 2.21. The molecule has 0 aliphatic carbocycles. The number of anilines is 1. The van der Waals surface area contributed by atoms with Crippen LogP contribution in [0.2, 0.25) is 0 Å². The molecule has 0 aliphatic rings. The molecule has 7 nitrogen and oxygen atoms in total. The van der Waals surface area contributed by atoms with E-state index in [1.54, 1.807) is 24.3 Å². The number of hydrogen-bond donors (Lipinski definition) is 2. The highest BCUT2D eigenvalue weighted by Gasteiger charge is 2.14. The first-order valence-corrected chi connectivity index (χ1v) is 9.15. The average Bonchev–Trinajstić information content (AvgIpc) is 3.16. The van der Waals surface area contributed by atoms with E-state index >= 15 is 0 Å². The number of hydrogen-bond acceptors (Lipinski definition) is 6. The Bertz CT molecular complexity index is 954. The number of ether oxygens (including phenoxy) is 1. The lowest BCUT2D eigenvalue weighted by molar-refractivity contribution is -0.113. The number of aromatic nitrogens is 3. The minimum atomic E-state index is -0.504. The second-order valence-electron chi connectivity index (χ2n) is 5.71. The molecular weight excluding hydrogens is 364 g/mol. The lowest BCUT2D eigenvalue weighted by atomic mass is 10.1. The van der Waals surface area contributed by atoms with Gasteiger partial charge in [0, 0.05) is 5.56 Å². The Balaban J connectivity index is 1.60. The van der Waals surface area contributed by atoms with Crippen molar-refractivity contribution >= 4 is 29.3 Å². The Morgan fingerprint density at radius 2 is 1.89 bits per heavy atom. The highest BCUT2D eigenvalue weighted by atomic mass is 32.2. The smallest absolute Gasteiger partial charge is 0.339 e. The largest absolute Gasteiger partial charge is 0.465 e. The van der Waals surface area contributed by atoms with Gasteiger partial charge in [-0.3, -0.25) is 9.89 Å². The molecule has 1 aromatic heterocycles. The molecule has 0 aliphatic heterocycles. The van der Waals surface area contributed by atoms with E-state index in [0.717, 1.165) is 11.1 Å². The molecule has 2 aromatic carbocycles. The van der Waals surface area contributed by atoms with Crippen LogP contribution < -0.4 is 5.32 Å². The van der Waals surface area contributed by atoms with Gasteiger partial charge >= 0.3 is 5.97 Å². The Labute approximate surface area is 160 Å². The van der Waals surface area contributed by atoms with Crippen molar-refractivity contribution in [2.75, 3.05) is 18.2 Å². The molecule has 0 fully saturated rings. The zero-order valence-electron chi connectivity index (χ0n) is 14.9. The molecule has 3 rings (SSSR count). The van der Waals surface area contributed by atoms with Gasteiger partial charge in [-0.25, -0.2) is 9.78 Å². The van der Waals surface area contributed by atoms with Crippen molar-refractivity contribution in [3.63, 3.8) is 0 Å². The number of aryl methyl sites for hydroxylation is 1. The van der Waals surface area contributed by atoms with Crippen LogP contribution in [0.1, 0.15) is 15.9 Å². The van der Waals surface area contributed by atoms with Crippen LogP contribution in [0.15, 0.2) is 53.7 Å². The minimum absolute atomic E-state index is 0.112. The van der Waals surface area contributed by atoms with E-state index in [0.29, 0.717) is 22.2 Å². The zero-order valence-corrected chi connectivity index (χ0v) is 15.7. The summed E-state index contributed by atoms with van der Waals surface area (Å²) in [6.45, 7) is 2.02. The molecular formula is C19H18N4O3S. The molecule has 0 saturated carbocycles. The lowest BCUT2D eigenvalue weighted by Crippen LogP contribution is -2.17. The normalized spacial score (nSPS) is 10.4. The van der Waals surface area contributed by atoms with Crippen molar-refractivity contribution in [1.82, 2.24) is 15.2 Å². The summed E-state index contributed by atoms with van der Waals surface area (Å²) < 4.78 is 4.72. The van der Waals surface area contributed by atoms with E-state index in [2.05, 4.69) is 20.5 Å². The second kappa shape index (κ2) is 8.50. The van der Waals surface area contributed by atoms with Crippen LogP contribution in [0.4, 0.5) is 5.69 Å². The number of methoxy groups -OCH3 is 1. The quantitative estimate of drug-likeness (QED) is 0.501. The maximum Gasteiger partial charge on any atom is 0.339 e. The molecule has 0 atom stereocenters. The minimum Gasteiger partial charge on any atom is -0.465 e. The molecule has 3 aromatic rings. The van der Waals surface area contributed by atoms with Crippen molar-refractivity contribution < 1.29 is 14.3 Å². The van der Waals surface area contributed by atoms with Gasteiger partial charge in [0.1, 0.15) is 0 Å². The molecule has 27 heavy (non-hydrogen) atoms. The van der Waals surface area contributed by atoms with Crippen LogP contribution in [0.5, 0.6) is 0 Å². The Morgan fingerprint density at radius 3 is 2.63 bits per heavy atom. The molecule has 8 heteroatoms. The third-order valence-corrected chi connectivity index (χ3v) is 4.58. The number of esters is 1. The third-order valence-electron chi connectivity index (χ3n) is 3.73. The first-order chi connectivity index (χ1) is 13.1. The number of H-pyrrole nitrogens is 1. The zero-order chi connectivity index (χ0) is 19.2. The van der Waals surface area contributed by atoms with Gasteiger partial charge in [-0.1, -0.05) is 53.7 Å².